The predicted octanol–water partition coefficient (Wildman–Crippen LogP) is 2.73. The summed E-state index contributed by atoms with van der Waals surface area (Å²) >= 11 is 0. The number of hydrogen-bond acceptors (Lipinski definition) is 4. The molecule has 1 aromatic carbocycles. The van der Waals surface area contributed by atoms with Crippen molar-refractivity contribution in [3.8, 4) is 0 Å². The van der Waals surface area contributed by atoms with E-state index in [4.69, 9.17) is 4.74 Å². The second-order valence-corrected chi connectivity index (χ2v) is 7.29. The summed E-state index contributed by atoms with van der Waals surface area (Å²) in [6.07, 6.45) is 6.99. The molecule has 5 nitrogen and oxygen atoms in total. The monoisotopic (exact) mass is 346 g/mol. The van der Waals surface area contributed by atoms with Gasteiger partial charge in [-0.1, -0.05) is 12.8 Å². The number of rotatable bonds is 5. The average Bonchev–Trinajstić information content (AvgIpc) is 2.92. The fraction of sp³-hybridized carbons (Fsp3) is 0.650. The lowest BCUT2D eigenvalue weighted by molar-refractivity contribution is -0.0670. The molecule has 25 heavy (non-hydrogen) atoms. The summed E-state index contributed by atoms with van der Waals surface area (Å²) in [5.41, 5.74) is 1.19. The predicted molar refractivity (Wildman–Crippen MR) is 99.1 cm³/mol. The van der Waals surface area contributed by atoms with Crippen LogP contribution in [0.2, 0.25) is 0 Å². The van der Waals surface area contributed by atoms with Gasteiger partial charge in [0.2, 0.25) is 0 Å². The van der Waals surface area contributed by atoms with E-state index in [1.54, 1.807) is 0 Å². The molecule has 0 aromatic heterocycles. The van der Waals surface area contributed by atoms with Gasteiger partial charge in [0.1, 0.15) is 0 Å². The lowest BCUT2D eigenvalue weighted by Gasteiger charge is -2.32. The zero-order valence-corrected chi connectivity index (χ0v) is 15.0. The summed E-state index contributed by atoms with van der Waals surface area (Å²) < 4.78 is 5.28. The van der Waals surface area contributed by atoms with Gasteiger partial charge in [-0.05, 0) is 56.4 Å². The number of amides is 1. The van der Waals surface area contributed by atoms with E-state index < -0.39 is 5.60 Å². The van der Waals surface area contributed by atoms with Crippen LogP contribution in [0.3, 0.4) is 0 Å². The van der Waals surface area contributed by atoms with Crippen molar-refractivity contribution in [3.63, 3.8) is 0 Å². The van der Waals surface area contributed by atoms with Crippen molar-refractivity contribution >= 4 is 11.6 Å². The molecule has 2 aliphatic heterocycles. The van der Waals surface area contributed by atoms with E-state index in [1.807, 2.05) is 24.3 Å². The van der Waals surface area contributed by atoms with Gasteiger partial charge < -0.3 is 20.1 Å². The summed E-state index contributed by atoms with van der Waals surface area (Å²) in [5.74, 6) is -0.0712. The first-order chi connectivity index (χ1) is 12.2. The van der Waals surface area contributed by atoms with Crippen LogP contribution in [0.4, 0.5) is 5.69 Å². The van der Waals surface area contributed by atoms with Crippen molar-refractivity contribution < 1.29 is 14.6 Å². The quantitative estimate of drug-likeness (QED) is 0.861. The summed E-state index contributed by atoms with van der Waals surface area (Å²) in [4.78, 5) is 14.7. The van der Waals surface area contributed by atoms with Gasteiger partial charge in [0.25, 0.3) is 5.91 Å². The maximum atomic E-state index is 12.3. The number of anilines is 1. The Hall–Kier alpha value is -1.59. The number of ether oxygens (including phenoxy) is 1. The number of aliphatic hydroxyl groups is 1. The van der Waals surface area contributed by atoms with Gasteiger partial charge in [-0.15, -0.1) is 0 Å². The SMILES string of the molecule is O=C(NCCC1(O)CCOCC1)c1ccc(N2CCCCCC2)cc1. The first kappa shape index (κ1) is 18.2. The van der Waals surface area contributed by atoms with Crippen LogP contribution >= 0.6 is 0 Å². The largest absolute Gasteiger partial charge is 0.390 e. The van der Waals surface area contributed by atoms with Gasteiger partial charge in [0.15, 0.2) is 0 Å². The number of hydrogen-bond donors (Lipinski definition) is 2. The highest BCUT2D eigenvalue weighted by atomic mass is 16.5. The van der Waals surface area contributed by atoms with Crippen molar-refractivity contribution in [2.45, 2.75) is 50.5 Å². The molecule has 0 atom stereocenters. The Morgan fingerprint density at radius 1 is 1.08 bits per heavy atom. The summed E-state index contributed by atoms with van der Waals surface area (Å²) in [5, 5.41) is 13.3. The van der Waals surface area contributed by atoms with E-state index in [2.05, 4.69) is 10.2 Å². The lowest BCUT2D eigenvalue weighted by Crippen LogP contribution is -2.39. The number of nitrogens with one attached hydrogen (secondary N) is 1. The van der Waals surface area contributed by atoms with Crippen LogP contribution in [0, 0.1) is 0 Å². The molecule has 0 aliphatic carbocycles. The Labute approximate surface area is 150 Å². The molecule has 2 saturated heterocycles. The highest BCUT2D eigenvalue weighted by molar-refractivity contribution is 5.94. The van der Waals surface area contributed by atoms with Crippen LogP contribution in [0.1, 0.15) is 55.3 Å². The maximum absolute atomic E-state index is 12.3. The van der Waals surface area contributed by atoms with Crippen LogP contribution in [0.25, 0.3) is 0 Å². The average molecular weight is 346 g/mol. The fourth-order valence-corrected chi connectivity index (χ4v) is 3.66. The molecule has 2 aliphatic rings. The van der Waals surface area contributed by atoms with Crippen LogP contribution < -0.4 is 10.2 Å². The first-order valence-corrected chi connectivity index (χ1v) is 9.60. The molecule has 0 spiro atoms. The first-order valence-electron chi connectivity index (χ1n) is 9.60. The molecule has 2 heterocycles. The third-order valence-corrected chi connectivity index (χ3v) is 5.40. The van der Waals surface area contributed by atoms with Gasteiger partial charge >= 0.3 is 0 Å². The minimum absolute atomic E-state index is 0.0712. The zero-order valence-electron chi connectivity index (χ0n) is 15.0. The Bertz CT molecular complexity index is 545. The van der Waals surface area contributed by atoms with E-state index in [9.17, 15) is 9.90 Å². The molecule has 2 N–H and O–H groups in total. The van der Waals surface area contributed by atoms with Gasteiger partial charge in [0.05, 0.1) is 5.60 Å². The molecule has 0 unspecified atom stereocenters. The zero-order chi connectivity index (χ0) is 17.5. The van der Waals surface area contributed by atoms with Gasteiger partial charge in [0, 0.05) is 44.1 Å². The summed E-state index contributed by atoms with van der Waals surface area (Å²) in [6, 6.07) is 7.90. The number of benzene rings is 1. The lowest BCUT2D eigenvalue weighted by atomic mass is 9.91. The van der Waals surface area contributed by atoms with Crippen LogP contribution in [-0.4, -0.2) is 49.5 Å². The molecule has 1 aromatic rings. The Kier molecular flexibility index (Phi) is 6.32. The minimum atomic E-state index is -0.692. The topological polar surface area (TPSA) is 61.8 Å². The molecule has 2 fully saturated rings. The summed E-state index contributed by atoms with van der Waals surface area (Å²) in [7, 11) is 0. The molecular weight excluding hydrogens is 316 g/mol. The van der Waals surface area contributed by atoms with Crippen molar-refractivity contribution in [1.82, 2.24) is 5.32 Å². The highest BCUT2D eigenvalue weighted by Crippen LogP contribution is 2.23. The van der Waals surface area contributed by atoms with E-state index in [1.165, 1.54) is 31.4 Å². The number of nitrogens with zero attached hydrogens (tertiary/aromatic N) is 1. The molecule has 0 saturated carbocycles. The number of carbonyl (C=O) groups is 1. The summed E-state index contributed by atoms with van der Waals surface area (Å²) in [6.45, 7) is 3.90. The standard InChI is InChI=1S/C20H30N2O3/c23-19(21-12-9-20(24)10-15-25-16-11-20)17-5-7-18(8-6-17)22-13-3-1-2-4-14-22/h5-8,24H,1-4,9-16H2,(H,21,23). The molecule has 0 radical (unpaired) electrons. The highest BCUT2D eigenvalue weighted by Gasteiger charge is 2.29. The van der Waals surface area contributed by atoms with E-state index in [0.29, 0.717) is 44.6 Å². The normalized spacial score (nSPS) is 20.8. The molecule has 3 rings (SSSR count). The Balaban J connectivity index is 1.48. The molecule has 0 bridgehead atoms. The molecular formula is C20H30N2O3. The molecule has 138 valence electrons. The second-order valence-electron chi connectivity index (χ2n) is 7.29. The minimum Gasteiger partial charge on any atom is -0.390 e. The Morgan fingerprint density at radius 3 is 2.36 bits per heavy atom. The van der Waals surface area contributed by atoms with Crippen molar-refractivity contribution in [3.05, 3.63) is 29.8 Å². The second kappa shape index (κ2) is 8.68. The van der Waals surface area contributed by atoms with Crippen molar-refractivity contribution in [1.29, 1.82) is 0 Å². The van der Waals surface area contributed by atoms with Gasteiger partial charge in [-0.2, -0.15) is 0 Å². The Morgan fingerprint density at radius 2 is 1.72 bits per heavy atom. The van der Waals surface area contributed by atoms with Crippen LogP contribution in [-0.2, 0) is 4.74 Å². The fourth-order valence-electron chi connectivity index (χ4n) is 3.66. The smallest absolute Gasteiger partial charge is 0.251 e. The maximum Gasteiger partial charge on any atom is 0.251 e. The van der Waals surface area contributed by atoms with Crippen molar-refractivity contribution in [2.75, 3.05) is 37.7 Å². The van der Waals surface area contributed by atoms with E-state index in [-0.39, 0.29) is 5.91 Å². The van der Waals surface area contributed by atoms with Crippen molar-refractivity contribution in [2.24, 2.45) is 0 Å². The third kappa shape index (κ3) is 5.19. The van der Waals surface area contributed by atoms with Crippen LogP contribution in [0.5, 0.6) is 0 Å². The number of carbonyl (C=O) groups excluding carboxylic acids is 1. The third-order valence-electron chi connectivity index (χ3n) is 5.40. The van der Waals surface area contributed by atoms with E-state index in [0.717, 1.165) is 13.1 Å². The van der Waals surface area contributed by atoms with Gasteiger partial charge in [-0.25, -0.2) is 0 Å². The van der Waals surface area contributed by atoms with E-state index >= 15 is 0 Å². The molecule has 1 amide bonds. The van der Waals surface area contributed by atoms with Gasteiger partial charge in [-0.3, -0.25) is 4.79 Å². The van der Waals surface area contributed by atoms with Crippen LogP contribution in [0.15, 0.2) is 24.3 Å². The molecule has 5 heteroatoms.